The van der Waals surface area contributed by atoms with E-state index in [1.807, 2.05) is 7.85 Å². The normalized spacial score (nSPS) is 9.00. The van der Waals surface area contributed by atoms with Gasteiger partial charge >= 0.3 is 0 Å². The van der Waals surface area contributed by atoms with Crippen LogP contribution in [0.1, 0.15) is 0 Å². The minimum atomic E-state index is 0.468. The molecule has 0 aromatic carbocycles. The van der Waals surface area contributed by atoms with Crippen LogP contribution in [0.2, 0.25) is 0 Å². The van der Waals surface area contributed by atoms with Crippen LogP contribution in [-0.2, 0) is 0 Å². The molecule has 0 bridgehead atoms. The maximum atomic E-state index is 5.25. The summed E-state index contributed by atoms with van der Waals surface area (Å²) >= 11 is 0. The van der Waals surface area contributed by atoms with Crippen LogP contribution >= 0.6 is 0 Å². The summed E-state index contributed by atoms with van der Waals surface area (Å²) in [7, 11) is 1.87. The molecule has 0 aliphatic heterocycles. The summed E-state index contributed by atoms with van der Waals surface area (Å²) in [5.74, 6) is 0.468. The Morgan fingerprint density at radius 3 is 2.50 bits per heavy atom. The number of nitrogens with two attached hydrogens (primary N) is 1. The van der Waals surface area contributed by atoms with Crippen molar-refractivity contribution in [2.24, 2.45) is 0 Å². The van der Waals surface area contributed by atoms with Crippen LogP contribution in [0, 0.1) is 0 Å². The van der Waals surface area contributed by atoms with Gasteiger partial charge in [0, 0.05) is 11.8 Å². The average Bonchev–Trinajstić information content (AvgIpc) is 1.77. The van der Waals surface area contributed by atoms with Gasteiger partial charge in [-0.2, -0.15) is 0 Å². The van der Waals surface area contributed by atoms with Gasteiger partial charge in [-0.25, -0.2) is 4.98 Å². The highest BCUT2D eigenvalue weighted by atomic mass is 14.9. The van der Waals surface area contributed by atoms with E-state index in [-0.39, 0.29) is 0 Å². The molecule has 1 aromatic rings. The molecule has 1 heterocycles. The summed E-state index contributed by atoms with van der Waals surface area (Å²) < 4.78 is 0. The van der Waals surface area contributed by atoms with Crippen LogP contribution in [0.25, 0.3) is 0 Å². The summed E-state index contributed by atoms with van der Waals surface area (Å²) in [6.07, 6.45) is 3.17. The van der Waals surface area contributed by atoms with Gasteiger partial charge in [0.05, 0.1) is 6.20 Å². The van der Waals surface area contributed by atoms with E-state index >= 15 is 0 Å². The van der Waals surface area contributed by atoms with Crippen LogP contribution < -0.4 is 11.3 Å². The molecular weight excluding hydrogens is 101 g/mol. The largest absolute Gasteiger partial charge is 0.382 e. The predicted molar refractivity (Wildman–Crippen MR) is 34.6 cm³/mol. The lowest BCUT2D eigenvalue weighted by Crippen LogP contribution is -2.08. The zero-order valence-corrected chi connectivity index (χ0v) is 4.63. The SMILES string of the molecule is Bc1cnc(N)cn1. The molecular formula is C4H6BN3. The smallest absolute Gasteiger partial charge is 0.166 e. The number of nitrogens with zero attached hydrogens (tertiary/aromatic N) is 2. The van der Waals surface area contributed by atoms with Crippen molar-refractivity contribution in [3.63, 3.8) is 0 Å². The molecule has 0 radical (unpaired) electrons. The second-order valence-corrected chi connectivity index (χ2v) is 1.58. The Morgan fingerprint density at radius 1 is 1.38 bits per heavy atom. The van der Waals surface area contributed by atoms with Crippen LogP contribution in [-0.4, -0.2) is 17.8 Å². The molecule has 0 aliphatic rings. The number of hydrogen-bond acceptors (Lipinski definition) is 3. The Bertz CT molecular complexity index is 150. The molecule has 0 amide bonds. The molecule has 0 saturated carbocycles. The first-order valence-corrected chi connectivity index (χ1v) is 2.33. The minimum absolute atomic E-state index is 0.468. The molecule has 2 N–H and O–H groups in total. The number of aromatic nitrogens is 2. The topological polar surface area (TPSA) is 51.8 Å². The molecule has 0 aliphatic carbocycles. The van der Waals surface area contributed by atoms with Crippen LogP contribution in [0.3, 0.4) is 0 Å². The van der Waals surface area contributed by atoms with Crippen molar-refractivity contribution in [3.8, 4) is 0 Å². The van der Waals surface area contributed by atoms with Crippen molar-refractivity contribution < 1.29 is 0 Å². The lowest BCUT2D eigenvalue weighted by atomic mass is 10.1. The van der Waals surface area contributed by atoms with Crippen LogP contribution in [0.4, 0.5) is 5.82 Å². The van der Waals surface area contributed by atoms with Crippen molar-refractivity contribution in [3.05, 3.63) is 12.4 Å². The fourth-order valence-electron chi connectivity index (χ4n) is 0.403. The Morgan fingerprint density at radius 2 is 2.12 bits per heavy atom. The second kappa shape index (κ2) is 1.82. The molecule has 0 atom stereocenters. The van der Waals surface area contributed by atoms with Gasteiger partial charge in [0.15, 0.2) is 7.85 Å². The first-order valence-electron chi connectivity index (χ1n) is 2.33. The molecule has 0 fully saturated rings. The van der Waals surface area contributed by atoms with Crippen molar-refractivity contribution in [1.29, 1.82) is 0 Å². The van der Waals surface area contributed by atoms with Gasteiger partial charge in [0.1, 0.15) is 5.82 Å². The Labute approximate surface area is 48.4 Å². The van der Waals surface area contributed by atoms with Crippen LogP contribution in [0.5, 0.6) is 0 Å². The monoisotopic (exact) mass is 107 g/mol. The van der Waals surface area contributed by atoms with Gasteiger partial charge in [-0.1, -0.05) is 0 Å². The van der Waals surface area contributed by atoms with Gasteiger partial charge in [0.25, 0.3) is 0 Å². The first kappa shape index (κ1) is 5.09. The van der Waals surface area contributed by atoms with E-state index in [2.05, 4.69) is 9.97 Å². The summed E-state index contributed by atoms with van der Waals surface area (Å²) in [6.45, 7) is 0. The molecule has 1 rings (SSSR count). The Balaban J connectivity index is 3.03. The lowest BCUT2D eigenvalue weighted by Gasteiger charge is -1.88. The fourth-order valence-corrected chi connectivity index (χ4v) is 0.403. The number of anilines is 1. The van der Waals surface area contributed by atoms with E-state index in [0.717, 1.165) is 5.59 Å². The molecule has 8 heavy (non-hydrogen) atoms. The van der Waals surface area contributed by atoms with E-state index in [0.29, 0.717) is 5.82 Å². The van der Waals surface area contributed by atoms with Gasteiger partial charge in [0.2, 0.25) is 0 Å². The van der Waals surface area contributed by atoms with Gasteiger partial charge < -0.3 is 5.73 Å². The van der Waals surface area contributed by atoms with Crippen molar-refractivity contribution in [1.82, 2.24) is 9.97 Å². The van der Waals surface area contributed by atoms with Gasteiger partial charge in [-0.05, 0) is 0 Å². The summed E-state index contributed by atoms with van der Waals surface area (Å²) in [6, 6.07) is 0. The predicted octanol–water partition coefficient (Wildman–Crippen LogP) is -1.68. The molecule has 40 valence electrons. The summed E-state index contributed by atoms with van der Waals surface area (Å²) in [5, 5.41) is 0. The van der Waals surface area contributed by atoms with E-state index in [1.165, 1.54) is 6.20 Å². The Hall–Kier alpha value is -1.06. The average molecular weight is 107 g/mol. The number of rotatable bonds is 0. The molecule has 0 unspecified atom stereocenters. The second-order valence-electron chi connectivity index (χ2n) is 1.58. The third kappa shape index (κ3) is 0.962. The van der Waals surface area contributed by atoms with Crippen LogP contribution in [0.15, 0.2) is 12.4 Å². The number of hydrogen-bond donors (Lipinski definition) is 1. The number of nitrogen functional groups attached to an aromatic ring is 1. The van der Waals surface area contributed by atoms with Crippen molar-refractivity contribution in [2.45, 2.75) is 0 Å². The third-order valence-electron chi connectivity index (χ3n) is 0.801. The zero-order chi connectivity index (χ0) is 5.98. The molecule has 1 aromatic heterocycles. The van der Waals surface area contributed by atoms with E-state index in [4.69, 9.17) is 5.73 Å². The van der Waals surface area contributed by atoms with E-state index < -0.39 is 0 Å². The zero-order valence-electron chi connectivity index (χ0n) is 4.63. The lowest BCUT2D eigenvalue weighted by molar-refractivity contribution is 1.25. The summed E-state index contributed by atoms with van der Waals surface area (Å²) in [4.78, 5) is 7.69. The van der Waals surface area contributed by atoms with E-state index in [1.54, 1.807) is 6.20 Å². The highest BCUT2D eigenvalue weighted by molar-refractivity contribution is 6.30. The van der Waals surface area contributed by atoms with Gasteiger partial charge in [-0.3, -0.25) is 4.98 Å². The third-order valence-corrected chi connectivity index (χ3v) is 0.801. The van der Waals surface area contributed by atoms with Crippen molar-refractivity contribution in [2.75, 3.05) is 5.73 Å². The molecule has 0 saturated heterocycles. The van der Waals surface area contributed by atoms with Crippen molar-refractivity contribution >= 4 is 19.3 Å². The minimum Gasteiger partial charge on any atom is -0.382 e. The summed E-state index contributed by atoms with van der Waals surface area (Å²) in [5.41, 5.74) is 6.14. The maximum Gasteiger partial charge on any atom is 0.166 e. The Kier molecular flexibility index (Phi) is 1.16. The maximum absolute atomic E-state index is 5.25. The molecule has 4 heteroatoms. The van der Waals surface area contributed by atoms with Gasteiger partial charge in [-0.15, -0.1) is 0 Å². The quantitative estimate of drug-likeness (QED) is 0.402. The highest BCUT2D eigenvalue weighted by Gasteiger charge is 1.83. The standard InChI is InChI=1S/C4H6BN3/c5-3-1-8-4(6)2-7-3/h1-2H,5H2,(H2,6,8). The molecule has 0 spiro atoms. The first-order chi connectivity index (χ1) is 3.79. The fraction of sp³-hybridized carbons (Fsp3) is 0. The highest BCUT2D eigenvalue weighted by Crippen LogP contribution is 1.83. The molecule has 3 nitrogen and oxygen atoms in total. The van der Waals surface area contributed by atoms with E-state index in [9.17, 15) is 0 Å².